The fourth-order valence-electron chi connectivity index (χ4n) is 2.82. The largest absolute Gasteiger partial charge is 0.378 e. The molecule has 0 saturated carbocycles. The van der Waals surface area contributed by atoms with Crippen LogP contribution in [0.15, 0.2) is 61.3 Å². The Morgan fingerprint density at radius 2 is 1.96 bits per heavy atom. The second-order valence-corrected chi connectivity index (χ2v) is 5.77. The van der Waals surface area contributed by atoms with Gasteiger partial charge in [-0.1, -0.05) is 18.2 Å². The summed E-state index contributed by atoms with van der Waals surface area (Å²) in [5, 5.41) is 3.33. The molecule has 0 fully saturated rings. The van der Waals surface area contributed by atoms with Crippen molar-refractivity contribution in [1.82, 2.24) is 24.5 Å². The lowest BCUT2D eigenvalue weighted by Gasteiger charge is -2.11. The van der Waals surface area contributed by atoms with E-state index >= 15 is 0 Å². The fraction of sp³-hybridized carbons (Fsp3) is 0.158. The Hall–Kier alpha value is -3.32. The maximum absolute atomic E-state index is 5.12. The average molecular weight is 346 g/mol. The summed E-state index contributed by atoms with van der Waals surface area (Å²) in [6, 6.07) is 13.9. The quantitative estimate of drug-likeness (QED) is 0.578. The van der Waals surface area contributed by atoms with Gasteiger partial charge in [0.1, 0.15) is 24.3 Å². The Morgan fingerprint density at radius 3 is 2.88 bits per heavy atom. The highest BCUT2D eigenvalue weighted by molar-refractivity contribution is 5.77. The number of ether oxygens (including phenoxy) is 1. The zero-order chi connectivity index (χ0) is 17.8. The molecule has 0 bridgehead atoms. The number of fused-ring (bicyclic) bond motifs is 1. The zero-order valence-electron chi connectivity index (χ0n) is 14.3. The molecule has 7 heteroatoms. The maximum Gasteiger partial charge on any atom is 0.143 e. The van der Waals surface area contributed by atoms with Crippen LogP contribution in [-0.4, -0.2) is 31.6 Å². The van der Waals surface area contributed by atoms with E-state index in [1.807, 2.05) is 47.0 Å². The molecule has 4 aromatic rings. The molecule has 0 unspecified atom stereocenters. The van der Waals surface area contributed by atoms with Crippen LogP contribution in [0, 0.1) is 0 Å². The van der Waals surface area contributed by atoms with Gasteiger partial charge in [-0.2, -0.15) is 0 Å². The van der Waals surface area contributed by atoms with Gasteiger partial charge in [0.2, 0.25) is 0 Å². The number of anilines is 1. The summed E-state index contributed by atoms with van der Waals surface area (Å²) >= 11 is 0. The lowest BCUT2D eigenvalue weighted by Crippen LogP contribution is -2.08. The Bertz CT molecular complexity index is 1030. The SMILES string of the molecule is COCc1cc(NCc2cccnc2-n2cnc3ccccc32)ncn1. The Balaban J connectivity index is 1.61. The minimum Gasteiger partial charge on any atom is -0.378 e. The van der Waals surface area contributed by atoms with Crippen molar-refractivity contribution in [1.29, 1.82) is 0 Å². The molecular formula is C19H18N6O. The number of pyridine rings is 1. The third-order valence-electron chi connectivity index (χ3n) is 4.03. The number of hydrogen-bond donors (Lipinski definition) is 1. The molecule has 0 radical (unpaired) electrons. The molecule has 0 aliphatic rings. The predicted molar refractivity (Wildman–Crippen MR) is 98.9 cm³/mol. The van der Waals surface area contributed by atoms with E-state index in [0.29, 0.717) is 13.2 Å². The van der Waals surface area contributed by atoms with Crippen LogP contribution in [-0.2, 0) is 17.9 Å². The van der Waals surface area contributed by atoms with Gasteiger partial charge < -0.3 is 10.1 Å². The molecule has 26 heavy (non-hydrogen) atoms. The number of rotatable bonds is 6. The monoisotopic (exact) mass is 346 g/mol. The van der Waals surface area contributed by atoms with Crippen LogP contribution < -0.4 is 5.32 Å². The van der Waals surface area contributed by atoms with E-state index in [9.17, 15) is 0 Å². The number of benzene rings is 1. The zero-order valence-corrected chi connectivity index (χ0v) is 14.3. The molecule has 3 aromatic heterocycles. The van der Waals surface area contributed by atoms with Crippen LogP contribution in [0.5, 0.6) is 0 Å². The second-order valence-electron chi connectivity index (χ2n) is 5.77. The molecule has 0 aliphatic heterocycles. The molecular weight excluding hydrogens is 328 g/mol. The van der Waals surface area contributed by atoms with E-state index in [0.717, 1.165) is 33.9 Å². The molecule has 0 atom stereocenters. The van der Waals surface area contributed by atoms with Crippen LogP contribution in [0.3, 0.4) is 0 Å². The number of methoxy groups -OCH3 is 1. The van der Waals surface area contributed by atoms with Gasteiger partial charge in [0.25, 0.3) is 0 Å². The number of imidazole rings is 1. The Kier molecular flexibility index (Phi) is 4.53. The first-order valence-electron chi connectivity index (χ1n) is 8.25. The highest BCUT2D eigenvalue weighted by Crippen LogP contribution is 2.20. The van der Waals surface area contributed by atoms with Gasteiger partial charge in [0, 0.05) is 31.5 Å². The van der Waals surface area contributed by atoms with Crippen LogP contribution in [0.1, 0.15) is 11.3 Å². The van der Waals surface area contributed by atoms with Crippen molar-refractivity contribution in [2.45, 2.75) is 13.2 Å². The molecule has 0 aliphatic carbocycles. The average Bonchev–Trinajstić information content (AvgIpc) is 3.11. The van der Waals surface area contributed by atoms with Crippen molar-refractivity contribution in [2.24, 2.45) is 0 Å². The summed E-state index contributed by atoms with van der Waals surface area (Å²) < 4.78 is 7.12. The number of hydrogen-bond acceptors (Lipinski definition) is 6. The first kappa shape index (κ1) is 16.2. The van der Waals surface area contributed by atoms with Gasteiger partial charge in [-0.25, -0.2) is 19.9 Å². The molecule has 7 nitrogen and oxygen atoms in total. The highest BCUT2D eigenvalue weighted by atomic mass is 16.5. The van der Waals surface area contributed by atoms with E-state index in [1.165, 1.54) is 6.33 Å². The highest BCUT2D eigenvalue weighted by Gasteiger charge is 2.10. The van der Waals surface area contributed by atoms with E-state index < -0.39 is 0 Å². The van der Waals surface area contributed by atoms with Crippen molar-refractivity contribution in [3.8, 4) is 5.82 Å². The molecule has 0 amide bonds. The minimum atomic E-state index is 0.455. The van der Waals surface area contributed by atoms with Crippen LogP contribution >= 0.6 is 0 Å². The molecule has 1 aromatic carbocycles. The minimum absolute atomic E-state index is 0.455. The molecule has 3 heterocycles. The predicted octanol–water partition coefficient (Wildman–Crippen LogP) is 2.97. The Labute approximate surface area is 150 Å². The summed E-state index contributed by atoms with van der Waals surface area (Å²) in [4.78, 5) is 17.5. The van der Waals surface area contributed by atoms with Gasteiger partial charge in [-0.05, 0) is 18.2 Å². The van der Waals surface area contributed by atoms with E-state index in [1.54, 1.807) is 19.6 Å². The van der Waals surface area contributed by atoms with Crippen molar-refractivity contribution in [3.05, 3.63) is 72.6 Å². The first-order valence-corrected chi connectivity index (χ1v) is 8.25. The third kappa shape index (κ3) is 3.25. The summed E-state index contributed by atoms with van der Waals surface area (Å²) in [7, 11) is 1.65. The molecule has 0 saturated heterocycles. The molecule has 1 N–H and O–H groups in total. The topological polar surface area (TPSA) is 77.8 Å². The lowest BCUT2D eigenvalue weighted by atomic mass is 10.2. The normalized spacial score (nSPS) is 11.0. The van der Waals surface area contributed by atoms with Gasteiger partial charge in [-0.15, -0.1) is 0 Å². The standard InChI is InChI=1S/C19H18N6O/c1-26-11-15-9-18(23-12-22-15)21-10-14-5-4-8-20-19(14)25-13-24-16-6-2-3-7-17(16)25/h2-9,12-13H,10-11H2,1H3,(H,21,22,23). The molecule has 4 rings (SSSR count). The number of para-hydroxylation sites is 2. The lowest BCUT2D eigenvalue weighted by molar-refractivity contribution is 0.181. The van der Waals surface area contributed by atoms with Gasteiger partial charge in [-0.3, -0.25) is 4.57 Å². The van der Waals surface area contributed by atoms with Crippen LogP contribution in [0.25, 0.3) is 16.9 Å². The molecule has 0 spiro atoms. The van der Waals surface area contributed by atoms with Crippen molar-refractivity contribution >= 4 is 16.9 Å². The van der Waals surface area contributed by atoms with E-state index in [4.69, 9.17) is 4.74 Å². The van der Waals surface area contributed by atoms with E-state index in [2.05, 4.69) is 25.3 Å². The summed E-state index contributed by atoms with van der Waals surface area (Å²) in [6.45, 7) is 1.04. The Morgan fingerprint density at radius 1 is 1.04 bits per heavy atom. The fourth-order valence-corrected chi connectivity index (χ4v) is 2.82. The smallest absolute Gasteiger partial charge is 0.143 e. The number of aromatic nitrogens is 5. The van der Waals surface area contributed by atoms with Crippen LogP contribution in [0.2, 0.25) is 0 Å². The van der Waals surface area contributed by atoms with Crippen molar-refractivity contribution in [2.75, 3.05) is 12.4 Å². The number of nitrogens with one attached hydrogen (secondary N) is 1. The van der Waals surface area contributed by atoms with Crippen molar-refractivity contribution in [3.63, 3.8) is 0 Å². The van der Waals surface area contributed by atoms with Gasteiger partial charge in [0.05, 0.1) is 23.3 Å². The van der Waals surface area contributed by atoms with Gasteiger partial charge >= 0.3 is 0 Å². The molecule has 130 valence electrons. The van der Waals surface area contributed by atoms with Crippen molar-refractivity contribution < 1.29 is 4.74 Å². The maximum atomic E-state index is 5.12. The summed E-state index contributed by atoms with van der Waals surface area (Å²) in [6.07, 6.45) is 5.12. The third-order valence-corrected chi connectivity index (χ3v) is 4.03. The summed E-state index contributed by atoms with van der Waals surface area (Å²) in [5.74, 6) is 1.59. The second kappa shape index (κ2) is 7.28. The summed E-state index contributed by atoms with van der Waals surface area (Å²) in [5.41, 5.74) is 3.84. The van der Waals surface area contributed by atoms with Crippen LogP contribution in [0.4, 0.5) is 5.82 Å². The van der Waals surface area contributed by atoms with Gasteiger partial charge in [0.15, 0.2) is 0 Å². The van der Waals surface area contributed by atoms with E-state index in [-0.39, 0.29) is 0 Å². The first-order chi connectivity index (χ1) is 12.8. The number of nitrogens with zero attached hydrogens (tertiary/aromatic N) is 5.